The van der Waals surface area contributed by atoms with E-state index in [-0.39, 0.29) is 6.04 Å². The van der Waals surface area contributed by atoms with E-state index in [1.165, 1.54) is 0 Å². The van der Waals surface area contributed by atoms with Crippen molar-refractivity contribution in [3.05, 3.63) is 0 Å². The Hall–Kier alpha value is -0.570. The second-order valence-electron chi connectivity index (χ2n) is 4.02. The average Bonchev–Trinajstić information content (AvgIpc) is 2.08. The smallest absolute Gasteiger partial charge is 0.320 e. The predicted molar refractivity (Wildman–Crippen MR) is 51.7 cm³/mol. The summed E-state index contributed by atoms with van der Waals surface area (Å²) in [6.45, 7) is 6.10. The van der Waals surface area contributed by atoms with Crippen molar-refractivity contribution in [2.75, 3.05) is 13.1 Å². The van der Waals surface area contributed by atoms with Crippen molar-refractivity contribution in [1.82, 2.24) is 4.90 Å². The molecule has 0 bridgehead atoms. The van der Waals surface area contributed by atoms with Gasteiger partial charge in [-0.2, -0.15) is 0 Å². The highest BCUT2D eigenvalue weighted by Gasteiger charge is 2.30. The minimum atomic E-state index is -0.653. The van der Waals surface area contributed by atoms with Gasteiger partial charge in [-0.05, 0) is 38.3 Å². The highest BCUT2D eigenvalue weighted by Crippen LogP contribution is 2.22. The van der Waals surface area contributed by atoms with E-state index >= 15 is 0 Å². The van der Waals surface area contributed by atoms with Crippen LogP contribution < -0.4 is 0 Å². The Balaban J connectivity index is 2.55. The van der Waals surface area contributed by atoms with Crippen LogP contribution in [0.5, 0.6) is 0 Å². The topological polar surface area (TPSA) is 40.5 Å². The van der Waals surface area contributed by atoms with Crippen LogP contribution in [-0.4, -0.2) is 35.1 Å². The number of likely N-dealkylation sites (tertiary alicyclic amines) is 1. The van der Waals surface area contributed by atoms with Crippen LogP contribution in [-0.2, 0) is 4.79 Å². The number of hydrogen-bond donors (Lipinski definition) is 1. The van der Waals surface area contributed by atoms with Crippen LogP contribution in [0.4, 0.5) is 0 Å². The van der Waals surface area contributed by atoms with Gasteiger partial charge in [0.25, 0.3) is 0 Å². The largest absolute Gasteiger partial charge is 0.480 e. The van der Waals surface area contributed by atoms with Gasteiger partial charge in [-0.1, -0.05) is 13.8 Å². The number of aliphatic carboxylic acids is 1. The van der Waals surface area contributed by atoms with Crippen LogP contribution in [0.2, 0.25) is 0 Å². The molecule has 0 amide bonds. The van der Waals surface area contributed by atoms with Crippen LogP contribution in [0.1, 0.15) is 33.1 Å². The lowest BCUT2D eigenvalue weighted by Gasteiger charge is -2.35. The molecule has 1 aliphatic heterocycles. The summed E-state index contributed by atoms with van der Waals surface area (Å²) in [5.74, 6) is -0.0887. The van der Waals surface area contributed by atoms with Crippen molar-refractivity contribution < 1.29 is 9.90 Å². The predicted octanol–water partition coefficient (Wildman–Crippen LogP) is 1.58. The van der Waals surface area contributed by atoms with Crippen molar-refractivity contribution >= 4 is 5.97 Å². The first kappa shape index (κ1) is 10.5. The van der Waals surface area contributed by atoms with Gasteiger partial charge in [-0.3, -0.25) is 9.69 Å². The van der Waals surface area contributed by atoms with Crippen LogP contribution >= 0.6 is 0 Å². The van der Waals surface area contributed by atoms with E-state index in [2.05, 4.69) is 18.7 Å². The van der Waals surface area contributed by atoms with Gasteiger partial charge in [0.15, 0.2) is 0 Å². The zero-order chi connectivity index (χ0) is 9.84. The van der Waals surface area contributed by atoms with E-state index < -0.39 is 5.97 Å². The van der Waals surface area contributed by atoms with Gasteiger partial charge in [0.1, 0.15) is 6.04 Å². The van der Waals surface area contributed by atoms with Crippen LogP contribution in [0, 0.1) is 5.92 Å². The van der Waals surface area contributed by atoms with Gasteiger partial charge in [0, 0.05) is 0 Å². The molecule has 76 valence electrons. The van der Waals surface area contributed by atoms with Gasteiger partial charge in [0.2, 0.25) is 0 Å². The zero-order valence-corrected chi connectivity index (χ0v) is 8.49. The molecule has 3 heteroatoms. The average molecular weight is 185 g/mol. The van der Waals surface area contributed by atoms with Crippen LogP contribution in [0.3, 0.4) is 0 Å². The first-order valence-corrected chi connectivity index (χ1v) is 5.12. The maximum Gasteiger partial charge on any atom is 0.320 e. The Morgan fingerprint density at radius 1 is 1.62 bits per heavy atom. The van der Waals surface area contributed by atoms with Crippen LogP contribution in [0.25, 0.3) is 0 Å². The molecule has 1 saturated heterocycles. The fourth-order valence-electron chi connectivity index (χ4n) is 2.00. The minimum Gasteiger partial charge on any atom is -0.480 e. The summed E-state index contributed by atoms with van der Waals surface area (Å²) in [5.41, 5.74) is 0. The van der Waals surface area contributed by atoms with E-state index in [0.29, 0.717) is 5.92 Å². The lowest BCUT2D eigenvalue weighted by atomic mass is 9.92. The van der Waals surface area contributed by atoms with Gasteiger partial charge in [0.05, 0.1) is 0 Å². The van der Waals surface area contributed by atoms with E-state index in [9.17, 15) is 4.79 Å². The zero-order valence-electron chi connectivity index (χ0n) is 8.49. The first-order chi connectivity index (χ1) is 6.15. The minimum absolute atomic E-state index is 0.233. The fraction of sp³-hybridized carbons (Fsp3) is 0.900. The Labute approximate surface area is 79.7 Å². The Morgan fingerprint density at radius 2 is 2.31 bits per heavy atom. The quantitative estimate of drug-likeness (QED) is 0.725. The van der Waals surface area contributed by atoms with Gasteiger partial charge < -0.3 is 5.11 Å². The molecule has 2 unspecified atom stereocenters. The maximum atomic E-state index is 10.9. The number of carboxylic acids is 1. The summed E-state index contributed by atoms with van der Waals surface area (Å²) in [6, 6.07) is -0.233. The second-order valence-corrected chi connectivity index (χ2v) is 4.02. The summed E-state index contributed by atoms with van der Waals surface area (Å²) in [6.07, 6.45) is 3.00. The highest BCUT2D eigenvalue weighted by atomic mass is 16.4. The molecule has 0 aromatic carbocycles. The molecule has 1 N–H and O–H groups in total. The van der Waals surface area contributed by atoms with Crippen molar-refractivity contribution in [1.29, 1.82) is 0 Å². The summed E-state index contributed by atoms with van der Waals surface area (Å²) >= 11 is 0. The van der Waals surface area contributed by atoms with Crippen molar-refractivity contribution in [3.63, 3.8) is 0 Å². The number of rotatable bonds is 3. The van der Waals surface area contributed by atoms with Gasteiger partial charge >= 0.3 is 5.97 Å². The molecule has 0 aliphatic carbocycles. The number of piperidine rings is 1. The molecular formula is C10H19NO2. The highest BCUT2D eigenvalue weighted by molar-refractivity contribution is 5.73. The van der Waals surface area contributed by atoms with Gasteiger partial charge in [-0.15, -0.1) is 0 Å². The first-order valence-electron chi connectivity index (χ1n) is 5.12. The van der Waals surface area contributed by atoms with E-state index in [1.54, 1.807) is 0 Å². The summed E-state index contributed by atoms with van der Waals surface area (Å²) in [4.78, 5) is 13.0. The number of carboxylic acid groups (broad SMARTS) is 1. The monoisotopic (exact) mass is 185 g/mol. The molecule has 1 fully saturated rings. The normalized spacial score (nSPS) is 30.3. The van der Waals surface area contributed by atoms with Crippen molar-refractivity contribution in [2.24, 2.45) is 5.92 Å². The molecule has 2 atom stereocenters. The summed E-state index contributed by atoms with van der Waals surface area (Å²) < 4.78 is 0. The molecule has 0 aromatic rings. The molecule has 0 aromatic heterocycles. The molecule has 0 saturated carbocycles. The molecule has 0 spiro atoms. The number of carbonyl (C=O) groups is 1. The fourth-order valence-corrected chi connectivity index (χ4v) is 2.00. The molecule has 0 radical (unpaired) electrons. The van der Waals surface area contributed by atoms with Gasteiger partial charge in [-0.25, -0.2) is 0 Å². The number of hydrogen-bond acceptors (Lipinski definition) is 2. The molecule has 1 rings (SSSR count). The van der Waals surface area contributed by atoms with E-state index in [4.69, 9.17) is 5.11 Å². The Kier molecular flexibility index (Phi) is 3.72. The summed E-state index contributed by atoms with van der Waals surface area (Å²) in [7, 11) is 0. The van der Waals surface area contributed by atoms with Crippen LogP contribution in [0.15, 0.2) is 0 Å². The molecule has 1 heterocycles. The maximum absolute atomic E-state index is 10.9. The number of nitrogens with zero attached hydrogens (tertiary/aromatic N) is 1. The van der Waals surface area contributed by atoms with Crippen molar-refractivity contribution in [2.45, 2.75) is 39.2 Å². The molecule has 13 heavy (non-hydrogen) atoms. The molecule has 1 aliphatic rings. The summed E-state index contributed by atoms with van der Waals surface area (Å²) in [5, 5.41) is 9.01. The third-order valence-electron chi connectivity index (χ3n) is 2.77. The third-order valence-corrected chi connectivity index (χ3v) is 2.77. The Bertz CT molecular complexity index is 182. The van der Waals surface area contributed by atoms with Crippen molar-refractivity contribution in [3.8, 4) is 0 Å². The van der Waals surface area contributed by atoms with E-state index in [0.717, 1.165) is 32.4 Å². The molecular weight excluding hydrogens is 166 g/mol. The van der Waals surface area contributed by atoms with E-state index in [1.807, 2.05) is 0 Å². The third kappa shape index (κ3) is 2.69. The standard InChI is InChI=1S/C10H19NO2/c1-3-5-11-6-4-8(2)7-9(11)10(12)13/h8-9H,3-7H2,1-2H3,(H,12,13). The molecule has 3 nitrogen and oxygen atoms in total. The second kappa shape index (κ2) is 4.61. The Morgan fingerprint density at radius 3 is 2.85 bits per heavy atom. The lowest BCUT2D eigenvalue weighted by Crippen LogP contribution is -2.46. The lowest BCUT2D eigenvalue weighted by molar-refractivity contribution is -0.145. The SMILES string of the molecule is CCCN1CCC(C)CC1C(=O)O.